The molecule has 0 spiro atoms. The third kappa shape index (κ3) is 5.79. The predicted molar refractivity (Wildman–Crippen MR) is 267 cm³/mol. The lowest BCUT2D eigenvalue weighted by Gasteiger charge is -2.32. The third-order valence-corrected chi connectivity index (χ3v) is 13.4. The Morgan fingerprint density at radius 1 is 0.365 bits per heavy atom. The second-order valence-electron chi connectivity index (χ2n) is 17.2. The summed E-state index contributed by atoms with van der Waals surface area (Å²) in [6.45, 7) is 4.74. The molecule has 1 heterocycles. The predicted octanol–water partition coefficient (Wildman–Crippen LogP) is 16.7. The minimum absolute atomic E-state index is 0.164. The number of aromatic nitrogens is 1. The minimum Gasteiger partial charge on any atom is -0.309 e. The fourth-order valence-corrected chi connectivity index (χ4v) is 10.5. The molecule has 11 aromatic rings. The van der Waals surface area contributed by atoms with Crippen molar-refractivity contribution in [2.75, 3.05) is 4.90 Å². The van der Waals surface area contributed by atoms with E-state index in [0.29, 0.717) is 0 Å². The Bertz CT molecular complexity index is 3530. The van der Waals surface area contributed by atoms with Gasteiger partial charge in [-0.25, -0.2) is 0 Å². The first-order valence-corrected chi connectivity index (χ1v) is 21.9. The molecule has 298 valence electrons. The van der Waals surface area contributed by atoms with Crippen molar-refractivity contribution < 1.29 is 0 Å². The van der Waals surface area contributed by atoms with Gasteiger partial charge in [0.25, 0.3) is 0 Å². The van der Waals surface area contributed by atoms with E-state index in [1.54, 1.807) is 0 Å². The van der Waals surface area contributed by atoms with Crippen molar-refractivity contribution in [3.05, 3.63) is 242 Å². The van der Waals surface area contributed by atoms with Gasteiger partial charge < -0.3 is 9.47 Å². The van der Waals surface area contributed by atoms with Crippen LogP contribution in [0.1, 0.15) is 25.0 Å². The second kappa shape index (κ2) is 14.6. The zero-order chi connectivity index (χ0) is 42.1. The van der Waals surface area contributed by atoms with Gasteiger partial charge in [0.1, 0.15) is 0 Å². The highest BCUT2D eigenvalue weighted by Gasteiger charge is 2.38. The SMILES string of the molecule is CC1(C)c2ccccc2-c2c(N(c3ccccc3-c3ccc4c5ccccc5n(-c5ccccc5)c4c3)c3ccccc3-c3cccc4cccc(-c5ccccc5)c34)cccc21. The quantitative estimate of drug-likeness (QED) is 0.156. The van der Waals surface area contributed by atoms with Gasteiger partial charge >= 0.3 is 0 Å². The van der Waals surface area contributed by atoms with Gasteiger partial charge in [0.2, 0.25) is 0 Å². The van der Waals surface area contributed by atoms with Crippen molar-refractivity contribution in [2.24, 2.45) is 0 Å². The molecule has 0 aliphatic heterocycles. The largest absolute Gasteiger partial charge is 0.309 e. The van der Waals surface area contributed by atoms with Crippen molar-refractivity contribution in [3.8, 4) is 50.2 Å². The molecule has 2 heteroatoms. The van der Waals surface area contributed by atoms with Crippen molar-refractivity contribution in [1.29, 1.82) is 0 Å². The van der Waals surface area contributed by atoms with Crippen LogP contribution in [0.15, 0.2) is 231 Å². The maximum atomic E-state index is 2.56. The molecule has 0 amide bonds. The number of para-hydroxylation sites is 4. The van der Waals surface area contributed by atoms with Crippen LogP contribution in [0, 0.1) is 0 Å². The summed E-state index contributed by atoms with van der Waals surface area (Å²) in [6.07, 6.45) is 0. The summed E-state index contributed by atoms with van der Waals surface area (Å²) in [5.41, 5.74) is 19.2. The normalized spacial score (nSPS) is 12.7. The number of fused-ring (bicyclic) bond motifs is 7. The molecule has 0 unspecified atom stereocenters. The molecule has 1 aliphatic rings. The lowest BCUT2D eigenvalue weighted by Crippen LogP contribution is -2.16. The van der Waals surface area contributed by atoms with Gasteiger partial charge in [-0.3, -0.25) is 0 Å². The highest BCUT2D eigenvalue weighted by molar-refractivity contribution is 6.12. The van der Waals surface area contributed by atoms with E-state index >= 15 is 0 Å². The van der Waals surface area contributed by atoms with Crippen molar-refractivity contribution >= 4 is 49.6 Å². The maximum absolute atomic E-state index is 2.56. The van der Waals surface area contributed by atoms with Gasteiger partial charge in [-0.05, 0) is 92.2 Å². The van der Waals surface area contributed by atoms with Crippen LogP contribution in [-0.2, 0) is 5.41 Å². The van der Waals surface area contributed by atoms with E-state index in [0.717, 1.165) is 33.9 Å². The Labute approximate surface area is 368 Å². The summed E-state index contributed by atoms with van der Waals surface area (Å²) < 4.78 is 2.41. The van der Waals surface area contributed by atoms with Crippen LogP contribution in [0.2, 0.25) is 0 Å². The van der Waals surface area contributed by atoms with Crippen LogP contribution in [-0.4, -0.2) is 4.57 Å². The zero-order valence-electron chi connectivity index (χ0n) is 35.3. The van der Waals surface area contributed by atoms with E-state index in [4.69, 9.17) is 0 Å². The number of anilines is 3. The summed E-state index contributed by atoms with van der Waals surface area (Å²) in [5.74, 6) is 0. The van der Waals surface area contributed by atoms with E-state index < -0.39 is 0 Å². The molecule has 12 rings (SSSR count). The van der Waals surface area contributed by atoms with E-state index in [-0.39, 0.29) is 5.41 Å². The number of nitrogens with zero attached hydrogens (tertiary/aromatic N) is 2. The third-order valence-electron chi connectivity index (χ3n) is 13.4. The Kier molecular flexibility index (Phi) is 8.55. The number of benzene rings is 10. The molecule has 1 aromatic heterocycles. The molecule has 0 bridgehead atoms. The molecule has 0 fully saturated rings. The first-order chi connectivity index (χ1) is 31.1. The molecule has 0 radical (unpaired) electrons. The topological polar surface area (TPSA) is 8.17 Å². The number of rotatable bonds is 7. The Balaban J connectivity index is 1.15. The first-order valence-electron chi connectivity index (χ1n) is 21.9. The molecule has 63 heavy (non-hydrogen) atoms. The van der Waals surface area contributed by atoms with Crippen molar-refractivity contribution in [3.63, 3.8) is 0 Å². The standard InChI is InChI=1S/C61H44N2/c1-61(2)52-32-13-9-29-51(52)60-53(61)33-19-37-57(60)63(56-36-16-12-28-48(56)50-31-18-23-42-22-17-30-46(59(42)50)41-20-5-3-6-21-41)54-34-14-10-26-45(54)43-38-39-49-47-27-11-15-35-55(47)62(58(49)40-43)44-24-7-4-8-25-44/h3-40H,1-2H3. The molecule has 0 atom stereocenters. The van der Waals surface area contributed by atoms with Crippen LogP contribution < -0.4 is 4.90 Å². The van der Waals surface area contributed by atoms with E-state index in [1.165, 1.54) is 77.1 Å². The first kappa shape index (κ1) is 36.9. The van der Waals surface area contributed by atoms with Gasteiger partial charge in [-0.15, -0.1) is 0 Å². The van der Waals surface area contributed by atoms with Gasteiger partial charge in [0.05, 0.1) is 28.1 Å². The van der Waals surface area contributed by atoms with Crippen LogP contribution in [0.4, 0.5) is 17.1 Å². The maximum Gasteiger partial charge on any atom is 0.0547 e. The van der Waals surface area contributed by atoms with Crippen molar-refractivity contribution in [2.45, 2.75) is 19.3 Å². The van der Waals surface area contributed by atoms with E-state index in [9.17, 15) is 0 Å². The summed E-state index contributed by atoms with van der Waals surface area (Å²) in [4.78, 5) is 2.56. The average molecular weight is 805 g/mol. The molecule has 0 saturated carbocycles. The van der Waals surface area contributed by atoms with Crippen LogP contribution in [0.5, 0.6) is 0 Å². The number of hydrogen-bond acceptors (Lipinski definition) is 1. The summed E-state index contributed by atoms with van der Waals surface area (Å²) in [7, 11) is 0. The number of hydrogen-bond donors (Lipinski definition) is 0. The fourth-order valence-electron chi connectivity index (χ4n) is 10.5. The molecular weight excluding hydrogens is 761 g/mol. The molecule has 0 N–H and O–H groups in total. The molecule has 0 saturated heterocycles. The molecule has 1 aliphatic carbocycles. The van der Waals surface area contributed by atoms with Crippen LogP contribution in [0.25, 0.3) is 82.8 Å². The average Bonchev–Trinajstić information content (AvgIpc) is 3.80. The summed E-state index contributed by atoms with van der Waals surface area (Å²) in [6, 6.07) is 84.8. The summed E-state index contributed by atoms with van der Waals surface area (Å²) >= 11 is 0. The fraction of sp³-hybridized carbons (Fsp3) is 0.0492. The van der Waals surface area contributed by atoms with Gasteiger partial charge in [0, 0.05) is 38.6 Å². The molecule has 10 aromatic carbocycles. The molecular formula is C61H44N2. The zero-order valence-corrected chi connectivity index (χ0v) is 35.3. The van der Waals surface area contributed by atoms with Gasteiger partial charge in [-0.2, -0.15) is 0 Å². The van der Waals surface area contributed by atoms with E-state index in [2.05, 4.69) is 254 Å². The van der Waals surface area contributed by atoms with Gasteiger partial charge in [0.15, 0.2) is 0 Å². The smallest absolute Gasteiger partial charge is 0.0547 e. The Morgan fingerprint density at radius 2 is 0.921 bits per heavy atom. The minimum atomic E-state index is -0.164. The lowest BCUT2D eigenvalue weighted by atomic mass is 9.82. The Hall–Kier alpha value is -7.94. The lowest BCUT2D eigenvalue weighted by molar-refractivity contribution is 0.660. The Morgan fingerprint density at radius 3 is 1.71 bits per heavy atom. The highest BCUT2D eigenvalue weighted by Crippen LogP contribution is 2.56. The van der Waals surface area contributed by atoms with Gasteiger partial charge in [-0.1, -0.05) is 202 Å². The van der Waals surface area contributed by atoms with Crippen LogP contribution >= 0.6 is 0 Å². The van der Waals surface area contributed by atoms with E-state index in [1.807, 2.05) is 0 Å². The molecule has 2 nitrogen and oxygen atoms in total. The monoisotopic (exact) mass is 804 g/mol. The highest BCUT2D eigenvalue weighted by atomic mass is 15.2. The van der Waals surface area contributed by atoms with Crippen molar-refractivity contribution in [1.82, 2.24) is 4.57 Å². The summed E-state index contributed by atoms with van der Waals surface area (Å²) in [5, 5.41) is 4.95. The second-order valence-corrected chi connectivity index (χ2v) is 17.2. The van der Waals surface area contributed by atoms with Crippen LogP contribution in [0.3, 0.4) is 0 Å².